The van der Waals surface area contributed by atoms with Gasteiger partial charge in [-0.15, -0.1) is 0 Å². The number of halogens is 1. The van der Waals surface area contributed by atoms with Gasteiger partial charge in [-0.25, -0.2) is 9.18 Å². The lowest BCUT2D eigenvalue weighted by atomic mass is 10.1. The predicted molar refractivity (Wildman–Crippen MR) is 119 cm³/mol. The summed E-state index contributed by atoms with van der Waals surface area (Å²) in [5, 5.41) is 21.3. The fourth-order valence-electron chi connectivity index (χ4n) is 2.97. The molecule has 0 aliphatic rings. The van der Waals surface area contributed by atoms with E-state index in [1.807, 2.05) is 6.07 Å². The fourth-order valence-corrected chi connectivity index (χ4v) is 2.97. The number of hydrogen-bond acceptors (Lipinski definition) is 5. The van der Waals surface area contributed by atoms with Gasteiger partial charge in [0.25, 0.3) is 5.91 Å². The Hall–Kier alpha value is -4.64. The maximum absolute atomic E-state index is 13.1. The molecule has 3 aromatic carbocycles. The van der Waals surface area contributed by atoms with Gasteiger partial charge in [0.1, 0.15) is 24.1 Å². The van der Waals surface area contributed by atoms with Gasteiger partial charge in [-0.3, -0.25) is 4.79 Å². The first-order valence-electron chi connectivity index (χ1n) is 9.72. The predicted octanol–water partition coefficient (Wildman–Crippen LogP) is 4.66. The zero-order valence-electron chi connectivity index (χ0n) is 17.5. The van der Waals surface area contributed by atoms with Crippen LogP contribution in [0.25, 0.3) is 6.08 Å². The minimum Gasteiger partial charge on any atom is -0.493 e. The summed E-state index contributed by atoms with van der Waals surface area (Å²) in [6.07, 6.45) is 1.32. The summed E-state index contributed by atoms with van der Waals surface area (Å²) in [5.74, 6) is -1.69. The Kier molecular flexibility index (Phi) is 7.39. The van der Waals surface area contributed by atoms with E-state index in [1.54, 1.807) is 36.4 Å². The molecular formula is C25H19FN2O5. The summed E-state index contributed by atoms with van der Waals surface area (Å²) < 4.78 is 24.4. The maximum Gasteiger partial charge on any atom is 0.337 e. The Labute approximate surface area is 189 Å². The van der Waals surface area contributed by atoms with Gasteiger partial charge in [-0.05, 0) is 42.0 Å². The van der Waals surface area contributed by atoms with E-state index in [-0.39, 0.29) is 35.0 Å². The van der Waals surface area contributed by atoms with Crippen molar-refractivity contribution in [2.45, 2.75) is 6.61 Å². The molecule has 7 nitrogen and oxygen atoms in total. The van der Waals surface area contributed by atoms with E-state index in [2.05, 4.69) is 5.32 Å². The Morgan fingerprint density at radius 1 is 1.09 bits per heavy atom. The molecule has 2 N–H and O–H groups in total. The summed E-state index contributed by atoms with van der Waals surface area (Å²) in [7, 11) is 1.45. The molecule has 0 aliphatic heterocycles. The highest BCUT2D eigenvalue weighted by molar-refractivity contribution is 6.12. The number of amides is 1. The van der Waals surface area contributed by atoms with E-state index in [1.165, 1.54) is 43.5 Å². The second kappa shape index (κ2) is 10.6. The highest BCUT2D eigenvalue weighted by atomic mass is 19.1. The summed E-state index contributed by atoms with van der Waals surface area (Å²) in [6, 6.07) is 18.5. The quantitative estimate of drug-likeness (QED) is 0.385. The van der Waals surface area contributed by atoms with Crippen LogP contribution in [0.3, 0.4) is 0 Å². The van der Waals surface area contributed by atoms with Crippen LogP contribution in [0.2, 0.25) is 0 Å². The highest BCUT2D eigenvalue weighted by Crippen LogP contribution is 2.33. The number of carboxylic acid groups (broad SMARTS) is 1. The Morgan fingerprint density at radius 3 is 2.48 bits per heavy atom. The van der Waals surface area contributed by atoms with Crippen molar-refractivity contribution in [2.24, 2.45) is 0 Å². The molecule has 0 aliphatic carbocycles. The molecule has 0 atom stereocenters. The molecule has 0 spiro atoms. The lowest BCUT2D eigenvalue weighted by molar-refractivity contribution is -0.112. The summed E-state index contributed by atoms with van der Waals surface area (Å²) in [6.45, 7) is 0.0988. The van der Waals surface area contributed by atoms with Crippen molar-refractivity contribution >= 4 is 23.6 Å². The molecule has 0 fully saturated rings. The minimum absolute atomic E-state index is 0.0644. The third-order valence-electron chi connectivity index (χ3n) is 4.60. The summed E-state index contributed by atoms with van der Waals surface area (Å²) >= 11 is 0. The first-order valence-corrected chi connectivity index (χ1v) is 9.72. The normalized spacial score (nSPS) is 10.8. The average molecular weight is 446 g/mol. The molecule has 1 amide bonds. The van der Waals surface area contributed by atoms with Crippen molar-refractivity contribution in [3.8, 4) is 17.6 Å². The third-order valence-corrected chi connectivity index (χ3v) is 4.60. The van der Waals surface area contributed by atoms with Crippen molar-refractivity contribution in [1.82, 2.24) is 0 Å². The smallest absolute Gasteiger partial charge is 0.337 e. The van der Waals surface area contributed by atoms with Crippen LogP contribution < -0.4 is 14.8 Å². The number of benzene rings is 3. The second-order valence-corrected chi connectivity index (χ2v) is 6.77. The highest BCUT2D eigenvalue weighted by Gasteiger charge is 2.17. The third kappa shape index (κ3) is 5.74. The van der Waals surface area contributed by atoms with Crippen molar-refractivity contribution in [3.63, 3.8) is 0 Å². The van der Waals surface area contributed by atoms with Crippen LogP contribution in [0.5, 0.6) is 11.5 Å². The first-order chi connectivity index (χ1) is 15.9. The molecule has 166 valence electrons. The van der Waals surface area contributed by atoms with E-state index in [9.17, 15) is 24.3 Å². The number of methoxy groups -OCH3 is 1. The second-order valence-electron chi connectivity index (χ2n) is 6.77. The number of carbonyl (C=O) groups excluding carboxylic acids is 1. The van der Waals surface area contributed by atoms with E-state index in [0.29, 0.717) is 16.9 Å². The monoisotopic (exact) mass is 446 g/mol. The molecule has 0 aromatic heterocycles. The average Bonchev–Trinajstić information content (AvgIpc) is 2.82. The van der Waals surface area contributed by atoms with Crippen molar-refractivity contribution in [1.29, 1.82) is 5.26 Å². The molecule has 33 heavy (non-hydrogen) atoms. The van der Waals surface area contributed by atoms with Gasteiger partial charge in [-0.1, -0.05) is 36.4 Å². The van der Waals surface area contributed by atoms with E-state index in [4.69, 9.17) is 9.47 Å². The van der Waals surface area contributed by atoms with E-state index in [0.717, 1.165) is 0 Å². The number of para-hydroxylation sites is 2. The van der Waals surface area contributed by atoms with Crippen LogP contribution in [0.4, 0.5) is 10.1 Å². The first kappa shape index (κ1) is 23.0. The molecule has 0 saturated heterocycles. The SMILES string of the molecule is COc1cccc(/C=C(\C#N)C(=O)Nc2ccccc2C(=O)O)c1OCc1ccc(F)cc1. The molecule has 0 heterocycles. The van der Waals surface area contributed by atoms with Gasteiger partial charge in [0, 0.05) is 5.56 Å². The van der Waals surface area contributed by atoms with Gasteiger partial charge in [0.2, 0.25) is 0 Å². The number of ether oxygens (including phenoxy) is 2. The topological polar surface area (TPSA) is 109 Å². The zero-order valence-corrected chi connectivity index (χ0v) is 17.5. The summed E-state index contributed by atoms with van der Waals surface area (Å²) in [5.41, 5.74) is 0.799. The molecule has 0 bridgehead atoms. The van der Waals surface area contributed by atoms with Crippen LogP contribution in [-0.2, 0) is 11.4 Å². The largest absolute Gasteiger partial charge is 0.493 e. The van der Waals surface area contributed by atoms with Gasteiger partial charge in [0.15, 0.2) is 11.5 Å². The number of nitriles is 1. The number of carbonyl (C=O) groups is 2. The number of nitrogens with zero attached hydrogens (tertiary/aromatic N) is 1. The Morgan fingerprint density at radius 2 is 1.82 bits per heavy atom. The van der Waals surface area contributed by atoms with Gasteiger partial charge < -0.3 is 19.9 Å². The van der Waals surface area contributed by atoms with Crippen LogP contribution in [0, 0.1) is 17.1 Å². The summed E-state index contributed by atoms with van der Waals surface area (Å²) in [4.78, 5) is 24.1. The van der Waals surface area contributed by atoms with Gasteiger partial charge in [-0.2, -0.15) is 5.26 Å². The zero-order chi connectivity index (χ0) is 23.8. The van der Waals surface area contributed by atoms with Crippen LogP contribution >= 0.6 is 0 Å². The van der Waals surface area contributed by atoms with Crippen molar-refractivity contribution in [2.75, 3.05) is 12.4 Å². The lowest BCUT2D eigenvalue weighted by Gasteiger charge is -2.14. The number of anilines is 1. The van der Waals surface area contributed by atoms with Crippen molar-refractivity contribution in [3.05, 3.63) is 94.8 Å². The Balaban J connectivity index is 1.90. The van der Waals surface area contributed by atoms with Crippen LogP contribution in [0.1, 0.15) is 21.5 Å². The molecule has 3 aromatic rings. The van der Waals surface area contributed by atoms with Crippen LogP contribution in [0.15, 0.2) is 72.3 Å². The number of hydrogen-bond donors (Lipinski definition) is 2. The van der Waals surface area contributed by atoms with Crippen LogP contribution in [-0.4, -0.2) is 24.1 Å². The van der Waals surface area contributed by atoms with Crippen molar-refractivity contribution < 1.29 is 28.6 Å². The maximum atomic E-state index is 13.1. The number of carboxylic acids is 1. The Bertz CT molecular complexity index is 1250. The molecule has 0 saturated carbocycles. The van der Waals surface area contributed by atoms with E-state index < -0.39 is 11.9 Å². The number of aromatic carboxylic acids is 1. The standard InChI is InChI=1S/C25H19FN2O5/c1-32-22-8-4-5-17(23(22)33-15-16-9-11-19(26)12-10-16)13-18(14-27)24(29)28-21-7-3-2-6-20(21)25(30)31/h2-13H,15H2,1H3,(H,28,29)(H,30,31)/b18-13+. The number of rotatable bonds is 8. The molecule has 3 rings (SSSR count). The molecule has 0 radical (unpaired) electrons. The molecule has 0 unspecified atom stereocenters. The fraction of sp³-hybridized carbons (Fsp3) is 0.0800. The van der Waals surface area contributed by atoms with Gasteiger partial charge >= 0.3 is 5.97 Å². The number of nitrogens with one attached hydrogen (secondary N) is 1. The molecule has 8 heteroatoms. The van der Waals surface area contributed by atoms with Gasteiger partial charge in [0.05, 0.1) is 18.4 Å². The lowest BCUT2D eigenvalue weighted by Crippen LogP contribution is -2.16. The molecular weight excluding hydrogens is 427 g/mol. The minimum atomic E-state index is -1.21. The van der Waals surface area contributed by atoms with E-state index >= 15 is 0 Å².